The SMILES string of the molecule is CSc1nc2n(n1)CC(=O)C([N+](=O)[O-])=NN2. The molecule has 10 heteroatoms. The molecule has 2 rings (SSSR count). The van der Waals surface area contributed by atoms with Crippen molar-refractivity contribution in [2.75, 3.05) is 11.7 Å². The molecular weight excluding hydrogens is 236 g/mol. The van der Waals surface area contributed by atoms with Crippen molar-refractivity contribution in [1.29, 1.82) is 0 Å². The summed E-state index contributed by atoms with van der Waals surface area (Å²) >= 11 is 1.30. The summed E-state index contributed by atoms with van der Waals surface area (Å²) in [7, 11) is 0. The first-order valence-electron chi connectivity index (χ1n) is 4.12. The summed E-state index contributed by atoms with van der Waals surface area (Å²) in [4.78, 5) is 25.0. The molecule has 0 aliphatic carbocycles. The van der Waals surface area contributed by atoms with Gasteiger partial charge in [0.05, 0.1) is 5.10 Å². The predicted octanol–water partition coefficient (Wildman–Crippen LogP) is -0.415. The van der Waals surface area contributed by atoms with Crippen LogP contribution in [0.4, 0.5) is 5.95 Å². The summed E-state index contributed by atoms with van der Waals surface area (Å²) in [6.07, 6.45) is 1.78. The molecule has 0 saturated carbocycles. The van der Waals surface area contributed by atoms with Crippen LogP contribution in [0.25, 0.3) is 0 Å². The number of hydrazone groups is 1. The number of nitrogens with one attached hydrogen (secondary N) is 1. The maximum Gasteiger partial charge on any atom is 0.433 e. The van der Waals surface area contributed by atoms with Crippen molar-refractivity contribution >= 4 is 29.3 Å². The molecule has 1 aromatic heterocycles. The third-order valence-electron chi connectivity index (χ3n) is 1.81. The second kappa shape index (κ2) is 3.89. The van der Waals surface area contributed by atoms with E-state index in [9.17, 15) is 14.9 Å². The molecule has 1 N–H and O–H groups in total. The molecule has 0 bridgehead atoms. The molecule has 2 heterocycles. The maximum atomic E-state index is 11.4. The summed E-state index contributed by atoms with van der Waals surface area (Å²) in [6, 6.07) is 0. The van der Waals surface area contributed by atoms with Crippen LogP contribution in [-0.4, -0.2) is 37.6 Å². The number of nitro groups is 1. The van der Waals surface area contributed by atoms with Crippen molar-refractivity contribution in [1.82, 2.24) is 14.8 Å². The van der Waals surface area contributed by atoms with E-state index in [-0.39, 0.29) is 12.5 Å². The normalized spacial score (nSPS) is 14.8. The molecule has 16 heavy (non-hydrogen) atoms. The summed E-state index contributed by atoms with van der Waals surface area (Å²) < 4.78 is 1.24. The predicted molar refractivity (Wildman–Crippen MR) is 54.9 cm³/mol. The Morgan fingerprint density at radius 3 is 3.00 bits per heavy atom. The highest BCUT2D eigenvalue weighted by molar-refractivity contribution is 7.98. The number of thioether (sulfide) groups is 1. The van der Waals surface area contributed by atoms with Crippen molar-refractivity contribution < 1.29 is 9.72 Å². The highest BCUT2D eigenvalue weighted by Crippen LogP contribution is 2.15. The summed E-state index contributed by atoms with van der Waals surface area (Å²) in [5, 5.41) is 18.3. The van der Waals surface area contributed by atoms with Gasteiger partial charge in [0.25, 0.3) is 11.7 Å². The second-order valence-corrected chi connectivity index (χ2v) is 3.58. The van der Waals surface area contributed by atoms with Gasteiger partial charge in [0.2, 0.25) is 5.16 Å². The molecular formula is C6H6N6O3S. The van der Waals surface area contributed by atoms with Crippen molar-refractivity contribution in [2.45, 2.75) is 11.7 Å². The van der Waals surface area contributed by atoms with Crippen LogP contribution in [0.2, 0.25) is 0 Å². The van der Waals surface area contributed by atoms with Gasteiger partial charge in [0.15, 0.2) is 0 Å². The van der Waals surface area contributed by atoms with Crippen molar-refractivity contribution in [3.05, 3.63) is 10.1 Å². The summed E-state index contributed by atoms with van der Waals surface area (Å²) in [5.41, 5.74) is 2.34. The van der Waals surface area contributed by atoms with Gasteiger partial charge in [-0.15, -0.1) is 10.5 Å². The first-order chi connectivity index (χ1) is 7.61. The number of carbonyl (C=O) groups excluding carboxylic acids is 1. The van der Waals surface area contributed by atoms with E-state index in [2.05, 4.69) is 20.6 Å². The Bertz CT molecular complexity index is 494. The number of amidine groups is 1. The molecule has 84 valence electrons. The van der Waals surface area contributed by atoms with Gasteiger partial charge >= 0.3 is 5.84 Å². The Balaban J connectivity index is 2.36. The number of hydrogen-bond acceptors (Lipinski definition) is 8. The smallest absolute Gasteiger partial charge is 0.358 e. The molecule has 0 amide bonds. The number of carbonyl (C=O) groups is 1. The number of nitrogens with zero attached hydrogens (tertiary/aromatic N) is 5. The lowest BCUT2D eigenvalue weighted by molar-refractivity contribution is -0.348. The van der Waals surface area contributed by atoms with Crippen LogP contribution >= 0.6 is 11.8 Å². The average molecular weight is 242 g/mol. The fourth-order valence-electron chi connectivity index (χ4n) is 1.12. The third kappa shape index (κ3) is 1.74. The van der Waals surface area contributed by atoms with Gasteiger partial charge in [-0.1, -0.05) is 11.8 Å². The lowest BCUT2D eigenvalue weighted by Crippen LogP contribution is -2.26. The van der Waals surface area contributed by atoms with Gasteiger partial charge in [0.1, 0.15) is 6.54 Å². The highest BCUT2D eigenvalue weighted by Gasteiger charge is 2.30. The van der Waals surface area contributed by atoms with E-state index in [0.29, 0.717) is 5.16 Å². The zero-order chi connectivity index (χ0) is 11.7. The van der Waals surface area contributed by atoms with E-state index < -0.39 is 16.5 Å². The summed E-state index contributed by atoms with van der Waals surface area (Å²) in [6.45, 7) is -0.240. The van der Waals surface area contributed by atoms with Gasteiger partial charge in [-0.25, -0.2) is 4.68 Å². The van der Waals surface area contributed by atoms with Gasteiger partial charge in [-0.3, -0.25) is 4.79 Å². The molecule has 9 nitrogen and oxygen atoms in total. The fraction of sp³-hybridized carbons (Fsp3) is 0.333. The highest BCUT2D eigenvalue weighted by atomic mass is 32.2. The Labute approximate surface area is 93.1 Å². The van der Waals surface area contributed by atoms with Crippen LogP contribution in [-0.2, 0) is 11.3 Å². The largest absolute Gasteiger partial charge is 0.433 e. The minimum absolute atomic E-state index is 0.217. The molecule has 0 fully saturated rings. The standard InChI is InChI=1S/C6H6N6O3S/c1-16-6-7-5-9-8-4(12(14)15)3(13)2-11(5)10-6/h2H2,1H3,(H,7,9,10). The first kappa shape index (κ1) is 10.5. The Kier molecular flexibility index (Phi) is 2.56. The van der Waals surface area contributed by atoms with Crippen LogP contribution < -0.4 is 5.43 Å². The number of Topliss-reactive ketones (excluding diaryl/α,β-unsaturated/α-hetero) is 1. The van der Waals surface area contributed by atoms with Gasteiger partial charge in [-0.2, -0.15) is 4.98 Å². The second-order valence-electron chi connectivity index (χ2n) is 2.81. The van der Waals surface area contributed by atoms with Crippen LogP contribution in [0, 0.1) is 10.1 Å². The minimum atomic E-state index is -0.836. The minimum Gasteiger partial charge on any atom is -0.358 e. The van der Waals surface area contributed by atoms with E-state index in [0.717, 1.165) is 0 Å². The number of rotatable bonds is 1. The van der Waals surface area contributed by atoms with E-state index in [4.69, 9.17) is 0 Å². The van der Waals surface area contributed by atoms with E-state index in [1.54, 1.807) is 6.26 Å². The zero-order valence-corrected chi connectivity index (χ0v) is 8.89. The van der Waals surface area contributed by atoms with Crippen LogP contribution in [0.15, 0.2) is 10.3 Å². The first-order valence-corrected chi connectivity index (χ1v) is 5.34. The molecule has 1 aliphatic rings. The fourth-order valence-corrected chi connectivity index (χ4v) is 1.47. The molecule has 0 spiro atoms. The number of hydrogen-bond donors (Lipinski definition) is 1. The number of anilines is 1. The van der Waals surface area contributed by atoms with E-state index >= 15 is 0 Å². The molecule has 0 atom stereocenters. The van der Waals surface area contributed by atoms with E-state index in [1.165, 1.54) is 16.4 Å². The molecule has 0 saturated heterocycles. The third-order valence-corrected chi connectivity index (χ3v) is 2.35. The molecule has 0 unspecified atom stereocenters. The molecule has 1 aliphatic heterocycles. The van der Waals surface area contributed by atoms with Gasteiger partial charge in [0, 0.05) is 0 Å². The number of ketones is 1. The number of aromatic nitrogens is 3. The Morgan fingerprint density at radius 2 is 2.38 bits per heavy atom. The van der Waals surface area contributed by atoms with Gasteiger partial charge < -0.3 is 10.1 Å². The Morgan fingerprint density at radius 1 is 1.62 bits per heavy atom. The van der Waals surface area contributed by atoms with Crippen LogP contribution in [0.5, 0.6) is 0 Å². The average Bonchev–Trinajstić information content (AvgIpc) is 2.54. The summed E-state index contributed by atoms with van der Waals surface area (Å²) in [5.74, 6) is -1.23. The monoisotopic (exact) mass is 242 g/mol. The zero-order valence-electron chi connectivity index (χ0n) is 8.08. The van der Waals surface area contributed by atoms with Gasteiger partial charge in [-0.05, 0) is 11.2 Å². The maximum absolute atomic E-state index is 11.4. The lowest BCUT2D eigenvalue weighted by atomic mass is 10.4. The van der Waals surface area contributed by atoms with Crippen molar-refractivity contribution in [2.24, 2.45) is 5.10 Å². The van der Waals surface area contributed by atoms with Crippen LogP contribution in [0.1, 0.15) is 0 Å². The van der Waals surface area contributed by atoms with Crippen LogP contribution in [0.3, 0.4) is 0 Å². The van der Waals surface area contributed by atoms with E-state index in [1.807, 2.05) is 0 Å². The molecule has 0 radical (unpaired) electrons. The van der Waals surface area contributed by atoms with Crippen molar-refractivity contribution in [3.8, 4) is 0 Å². The topological polar surface area (TPSA) is 115 Å². The lowest BCUT2D eigenvalue weighted by Gasteiger charge is -1.95. The molecule has 1 aromatic rings. The Hall–Kier alpha value is -1.97. The number of fused-ring (bicyclic) bond motifs is 1. The van der Waals surface area contributed by atoms with Crippen molar-refractivity contribution in [3.63, 3.8) is 0 Å². The quantitative estimate of drug-likeness (QED) is 0.404. The molecule has 0 aromatic carbocycles.